The van der Waals surface area contributed by atoms with Crippen LogP contribution >= 0.6 is 0 Å². The highest BCUT2D eigenvalue weighted by atomic mass is 16.1. The molecule has 1 amide bonds. The third kappa shape index (κ3) is 3.06. The van der Waals surface area contributed by atoms with Gasteiger partial charge in [0.1, 0.15) is 0 Å². The molecule has 0 aromatic carbocycles. The van der Waals surface area contributed by atoms with E-state index in [1.165, 1.54) is 0 Å². The van der Waals surface area contributed by atoms with Gasteiger partial charge in [0.2, 0.25) is 5.41 Å². The highest BCUT2D eigenvalue weighted by Crippen LogP contribution is 2.23. The van der Waals surface area contributed by atoms with Gasteiger partial charge in [-0.1, -0.05) is 32.6 Å². The fraction of sp³-hybridized carbons (Fsp3) is 0.700. The Balaban J connectivity index is 4.21. The van der Waals surface area contributed by atoms with Crippen molar-refractivity contribution in [1.82, 2.24) is 0 Å². The predicted molar refractivity (Wildman–Crippen MR) is 51.6 cm³/mol. The first-order valence-electron chi connectivity index (χ1n) is 4.75. The zero-order valence-corrected chi connectivity index (χ0v) is 8.42. The van der Waals surface area contributed by atoms with Gasteiger partial charge in [-0.05, 0) is 6.42 Å². The predicted octanol–water partition coefficient (Wildman–Crippen LogP) is 1.48. The van der Waals surface area contributed by atoms with E-state index < -0.39 is 11.3 Å². The molecular formula is C10H15N3O. The van der Waals surface area contributed by atoms with Crippen molar-refractivity contribution in [3.05, 3.63) is 0 Å². The van der Waals surface area contributed by atoms with Crippen LogP contribution in [0.5, 0.6) is 0 Å². The molecular weight excluding hydrogens is 178 g/mol. The van der Waals surface area contributed by atoms with E-state index in [0.29, 0.717) is 6.42 Å². The second kappa shape index (κ2) is 5.99. The molecule has 0 rings (SSSR count). The van der Waals surface area contributed by atoms with Gasteiger partial charge < -0.3 is 5.73 Å². The van der Waals surface area contributed by atoms with E-state index in [9.17, 15) is 4.79 Å². The van der Waals surface area contributed by atoms with E-state index >= 15 is 0 Å². The van der Waals surface area contributed by atoms with Crippen molar-refractivity contribution in [3.63, 3.8) is 0 Å². The number of unbranched alkanes of at least 4 members (excludes halogenated alkanes) is 3. The molecule has 0 radical (unpaired) electrons. The zero-order valence-electron chi connectivity index (χ0n) is 8.42. The number of nitrogens with zero attached hydrogens (tertiary/aromatic N) is 2. The summed E-state index contributed by atoms with van der Waals surface area (Å²) in [6.07, 6.45) is 3.98. The van der Waals surface area contributed by atoms with Gasteiger partial charge in [0.15, 0.2) is 0 Å². The van der Waals surface area contributed by atoms with E-state index in [0.717, 1.165) is 19.3 Å². The van der Waals surface area contributed by atoms with Gasteiger partial charge in [-0.25, -0.2) is 0 Å². The standard InChI is InChI=1S/C10H15N3O/c1-2-3-4-5-6-10(7-11,8-12)9(13)14/h2-6H2,1H3,(H2,13,14). The van der Waals surface area contributed by atoms with Gasteiger partial charge in [-0.3, -0.25) is 4.79 Å². The lowest BCUT2D eigenvalue weighted by molar-refractivity contribution is -0.122. The van der Waals surface area contributed by atoms with Crippen LogP contribution in [0.25, 0.3) is 0 Å². The summed E-state index contributed by atoms with van der Waals surface area (Å²) in [5.41, 5.74) is 3.41. The SMILES string of the molecule is CCCCCCC(C#N)(C#N)C(N)=O. The number of amides is 1. The second-order valence-corrected chi connectivity index (χ2v) is 3.30. The summed E-state index contributed by atoms with van der Waals surface area (Å²) < 4.78 is 0. The van der Waals surface area contributed by atoms with Gasteiger partial charge in [0.25, 0.3) is 5.91 Å². The molecule has 0 saturated heterocycles. The van der Waals surface area contributed by atoms with Gasteiger partial charge in [0.05, 0.1) is 12.1 Å². The third-order valence-corrected chi connectivity index (χ3v) is 2.21. The zero-order chi connectivity index (χ0) is 11.0. The van der Waals surface area contributed by atoms with Crippen LogP contribution in [0.1, 0.15) is 39.0 Å². The average Bonchev–Trinajstić information content (AvgIpc) is 2.18. The first-order valence-corrected chi connectivity index (χ1v) is 4.75. The summed E-state index contributed by atoms with van der Waals surface area (Å²) in [5, 5.41) is 17.5. The summed E-state index contributed by atoms with van der Waals surface area (Å²) >= 11 is 0. The van der Waals surface area contributed by atoms with E-state index in [-0.39, 0.29) is 6.42 Å². The van der Waals surface area contributed by atoms with E-state index in [1.807, 2.05) is 0 Å². The Kier molecular flexibility index (Phi) is 5.33. The van der Waals surface area contributed by atoms with Crippen molar-refractivity contribution in [1.29, 1.82) is 10.5 Å². The molecule has 0 fully saturated rings. The maximum Gasteiger partial charge on any atom is 0.252 e. The molecule has 0 bridgehead atoms. The van der Waals surface area contributed by atoms with E-state index in [4.69, 9.17) is 16.3 Å². The maximum atomic E-state index is 10.9. The molecule has 14 heavy (non-hydrogen) atoms. The van der Waals surface area contributed by atoms with E-state index in [1.54, 1.807) is 12.1 Å². The Morgan fingerprint density at radius 1 is 1.29 bits per heavy atom. The Morgan fingerprint density at radius 2 is 1.86 bits per heavy atom. The number of nitriles is 2. The molecule has 0 saturated carbocycles. The second-order valence-electron chi connectivity index (χ2n) is 3.30. The number of hydrogen-bond donors (Lipinski definition) is 1. The lowest BCUT2D eigenvalue weighted by Crippen LogP contribution is -2.34. The third-order valence-electron chi connectivity index (χ3n) is 2.21. The first-order chi connectivity index (χ1) is 6.63. The normalized spacial score (nSPS) is 10.2. The molecule has 0 heterocycles. The molecule has 0 aromatic heterocycles. The Labute approximate surface area is 84.3 Å². The fourth-order valence-electron chi connectivity index (χ4n) is 1.19. The average molecular weight is 193 g/mol. The monoisotopic (exact) mass is 193 g/mol. The quantitative estimate of drug-likeness (QED) is 0.647. The molecule has 0 aliphatic rings. The van der Waals surface area contributed by atoms with Crippen molar-refractivity contribution in [2.45, 2.75) is 39.0 Å². The molecule has 4 nitrogen and oxygen atoms in total. The minimum Gasteiger partial charge on any atom is -0.367 e. The Bertz CT molecular complexity index is 258. The number of nitrogens with two attached hydrogens (primary N) is 1. The van der Waals surface area contributed by atoms with Gasteiger partial charge in [0, 0.05) is 0 Å². The van der Waals surface area contributed by atoms with Gasteiger partial charge in [-0.2, -0.15) is 10.5 Å². The largest absolute Gasteiger partial charge is 0.367 e. The summed E-state index contributed by atoms with van der Waals surface area (Å²) in [6.45, 7) is 2.07. The minimum atomic E-state index is -1.62. The molecule has 2 N–H and O–H groups in total. The number of primary amides is 1. The summed E-state index contributed by atoms with van der Waals surface area (Å²) in [4.78, 5) is 10.9. The summed E-state index contributed by atoms with van der Waals surface area (Å²) in [7, 11) is 0. The molecule has 0 atom stereocenters. The van der Waals surface area contributed by atoms with Crippen molar-refractivity contribution in [3.8, 4) is 12.1 Å². The van der Waals surface area contributed by atoms with Crippen LogP contribution in [0.3, 0.4) is 0 Å². The van der Waals surface area contributed by atoms with Crippen molar-refractivity contribution < 1.29 is 4.79 Å². The van der Waals surface area contributed by atoms with Gasteiger partial charge >= 0.3 is 0 Å². The number of rotatable bonds is 6. The Hall–Kier alpha value is -1.55. The number of carbonyl (C=O) groups is 1. The van der Waals surface area contributed by atoms with Crippen molar-refractivity contribution in [2.24, 2.45) is 11.1 Å². The highest BCUT2D eigenvalue weighted by molar-refractivity contribution is 5.86. The molecule has 0 aliphatic heterocycles. The van der Waals surface area contributed by atoms with Crippen LogP contribution in [-0.4, -0.2) is 5.91 Å². The van der Waals surface area contributed by atoms with Gasteiger partial charge in [-0.15, -0.1) is 0 Å². The van der Waals surface area contributed by atoms with Crippen LogP contribution in [0.2, 0.25) is 0 Å². The topological polar surface area (TPSA) is 90.7 Å². The number of carbonyl (C=O) groups excluding carboxylic acids is 1. The van der Waals surface area contributed by atoms with E-state index in [2.05, 4.69) is 6.92 Å². The van der Waals surface area contributed by atoms with Crippen LogP contribution in [0.15, 0.2) is 0 Å². The molecule has 0 unspecified atom stereocenters. The maximum absolute atomic E-state index is 10.9. The summed E-state index contributed by atoms with van der Waals surface area (Å²) in [6, 6.07) is 3.41. The smallest absolute Gasteiger partial charge is 0.252 e. The summed E-state index contributed by atoms with van der Waals surface area (Å²) in [5.74, 6) is -0.834. The van der Waals surface area contributed by atoms with Crippen LogP contribution in [-0.2, 0) is 4.79 Å². The van der Waals surface area contributed by atoms with Crippen LogP contribution in [0.4, 0.5) is 0 Å². The molecule has 0 aromatic rings. The lowest BCUT2D eigenvalue weighted by atomic mass is 9.85. The Morgan fingerprint density at radius 3 is 2.21 bits per heavy atom. The minimum absolute atomic E-state index is 0.245. The van der Waals surface area contributed by atoms with Crippen molar-refractivity contribution in [2.75, 3.05) is 0 Å². The lowest BCUT2D eigenvalue weighted by Gasteiger charge is -2.13. The molecule has 0 spiro atoms. The number of hydrogen-bond acceptors (Lipinski definition) is 3. The molecule has 76 valence electrons. The van der Waals surface area contributed by atoms with Crippen LogP contribution < -0.4 is 5.73 Å². The molecule has 0 aliphatic carbocycles. The van der Waals surface area contributed by atoms with Crippen molar-refractivity contribution >= 4 is 5.91 Å². The van der Waals surface area contributed by atoms with Crippen LogP contribution in [0, 0.1) is 28.1 Å². The fourth-order valence-corrected chi connectivity index (χ4v) is 1.19. The molecule has 4 heteroatoms. The first kappa shape index (κ1) is 12.4. The highest BCUT2D eigenvalue weighted by Gasteiger charge is 2.36.